The lowest BCUT2D eigenvalue weighted by atomic mass is 9.73. The fraction of sp³-hybridized carbons (Fsp3) is 0.409. The Labute approximate surface area is 163 Å². The number of esters is 1. The normalized spacial score (nSPS) is 24.6. The predicted octanol–water partition coefficient (Wildman–Crippen LogP) is 3.38. The number of fused-ring (bicyclic) bond motifs is 1. The highest BCUT2D eigenvalue weighted by Crippen LogP contribution is 2.38. The van der Waals surface area contributed by atoms with E-state index in [-0.39, 0.29) is 25.0 Å². The Hall–Kier alpha value is -2.89. The Morgan fingerprint density at radius 2 is 1.96 bits per heavy atom. The number of hydrogen-bond acceptors (Lipinski definition) is 4. The number of carbonyl (C=O) groups excluding carboxylic acids is 3. The van der Waals surface area contributed by atoms with Gasteiger partial charge in [0.1, 0.15) is 18.7 Å². The van der Waals surface area contributed by atoms with Crippen LogP contribution in [0.1, 0.15) is 38.2 Å². The van der Waals surface area contributed by atoms with Gasteiger partial charge in [0.2, 0.25) is 0 Å². The molecule has 3 amide bonds. The van der Waals surface area contributed by atoms with E-state index < -0.39 is 17.5 Å². The topological polar surface area (TPSA) is 75.7 Å². The molecule has 2 aliphatic rings. The summed E-state index contributed by atoms with van der Waals surface area (Å²) in [4.78, 5) is 38.7. The van der Waals surface area contributed by atoms with Crippen molar-refractivity contribution in [2.24, 2.45) is 5.92 Å². The SMILES string of the molecule is C[C@H]1CCCC[C@]12NC(=O)N(CC(=O)OCc1cccc3ccccc13)C2=O. The van der Waals surface area contributed by atoms with E-state index in [1.807, 2.05) is 49.4 Å². The summed E-state index contributed by atoms with van der Waals surface area (Å²) in [6.07, 6.45) is 3.47. The van der Waals surface area contributed by atoms with Crippen molar-refractivity contribution in [3.05, 3.63) is 48.0 Å². The van der Waals surface area contributed by atoms with Gasteiger partial charge in [0.15, 0.2) is 0 Å². The minimum Gasteiger partial charge on any atom is -0.459 e. The summed E-state index contributed by atoms with van der Waals surface area (Å²) in [7, 11) is 0. The third-order valence-corrected chi connectivity index (χ3v) is 6.06. The van der Waals surface area contributed by atoms with Gasteiger partial charge in [-0.3, -0.25) is 14.5 Å². The van der Waals surface area contributed by atoms with Crippen molar-refractivity contribution >= 4 is 28.7 Å². The molecule has 2 fully saturated rings. The number of rotatable bonds is 4. The molecule has 1 spiro atoms. The van der Waals surface area contributed by atoms with Gasteiger partial charge in [-0.2, -0.15) is 0 Å². The van der Waals surface area contributed by atoms with Crippen molar-refractivity contribution in [2.75, 3.05) is 6.54 Å². The zero-order valence-electron chi connectivity index (χ0n) is 15.9. The van der Waals surface area contributed by atoms with E-state index in [4.69, 9.17) is 4.74 Å². The van der Waals surface area contributed by atoms with E-state index in [1.165, 1.54) is 0 Å². The van der Waals surface area contributed by atoms with Crippen LogP contribution in [-0.2, 0) is 20.9 Å². The number of benzene rings is 2. The van der Waals surface area contributed by atoms with Gasteiger partial charge in [0.25, 0.3) is 5.91 Å². The van der Waals surface area contributed by atoms with Crippen LogP contribution in [0.15, 0.2) is 42.5 Å². The summed E-state index contributed by atoms with van der Waals surface area (Å²) in [6.45, 7) is 1.73. The summed E-state index contributed by atoms with van der Waals surface area (Å²) in [5.74, 6) is -0.821. The summed E-state index contributed by atoms with van der Waals surface area (Å²) >= 11 is 0. The van der Waals surface area contributed by atoms with Gasteiger partial charge in [0, 0.05) is 0 Å². The molecular weight excluding hydrogens is 356 g/mol. The molecule has 0 radical (unpaired) electrons. The van der Waals surface area contributed by atoms with Gasteiger partial charge in [0.05, 0.1) is 0 Å². The van der Waals surface area contributed by atoms with E-state index >= 15 is 0 Å². The average Bonchev–Trinajstić information content (AvgIpc) is 2.93. The monoisotopic (exact) mass is 380 g/mol. The lowest BCUT2D eigenvalue weighted by Gasteiger charge is -2.36. The standard InChI is InChI=1S/C22H24N2O4/c1-15-7-4-5-12-22(15)20(26)24(21(27)23-22)13-19(25)28-14-17-10-6-9-16-8-2-3-11-18(16)17/h2-3,6,8-11,15H,4-5,7,12-14H2,1H3,(H,23,27)/t15-,22-/m0/s1. The third kappa shape index (κ3) is 3.13. The molecule has 1 aliphatic carbocycles. The molecule has 4 rings (SSSR count). The molecule has 1 heterocycles. The van der Waals surface area contributed by atoms with Crippen LogP contribution in [0.2, 0.25) is 0 Å². The van der Waals surface area contributed by atoms with Crippen LogP contribution in [0.5, 0.6) is 0 Å². The molecule has 0 aromatic heterocycles. The van der Waals surface area contributed by atoms with Crippen LogP contribution in [0.25, 0.3) is 10.8 Å². The smallest absolute Gasteiger partial charge is 0.326 e. The highest BCUT2D eigenvalue weighted by atomic mass is 16.5. The molecule has 1 N–H and O–H groups in total. The summed E-state index contributed by atoms with van der Waals surface area (Å²) in [5.41, 5.74) is 0.0339. The third-order valence-electron chi connectivity index (χ3n) is 6.06. The number of imide groups is 1. The highest BCUT2D eigenvalue weighted by molar-refractivity contribution is 6.09. The lowest BCUT2D eigenvalue weighted by Crippen LogP contribution is -2.54. The number of ether oxygens (including phenoxy) is 1. The largest absolute Gasteiger partial charge is 0.459 e. The van der Waals surface area contributed by atoms with Crippen LogP contribution in [-0.4, -0.2) is 34.9 Å². The maximum absolute atomic E-state index is 12.9. The summed E-state index contributed by atoms with van der Waals surface area (Å²) in [5, 5.41) is 4.94. The van der Waals surface area contributed by atoms with Crippen LogP contribution in [0, 0.1) is 5.92 Å². The number of nitrogens with one attached hydrogen (secondary N) is 1. The number of nitrogens with zero attached hydrogens (tertiary/aromatic N) is 1. The van der Waals surface area contributed by atoms with Crippen molar-refractivity contribution < 1.29 is 19.1 Å². The number of urea groups is 1. The molecule has 2 atom stereocenters. The number of amides is 3. The Bertz CT molecular complexity index is 936. The zero-order chi connectivity index (χ0) is 19.7. The quantitative estimate of drug-likeness (QED) is 0.652. The molecule has 0 unspecified atom stereocenters. The second-order valence-corrected chi connectivity index (χ2v) is 7.74. The first-order valence-electron chi connectivity index (χ1n) is 9.77. The molecule has 6 nitrogen and oxygen atoms in total. The van der Waals surface area contributed by atoms with Crippen LogP contribution in [0.3, 0.4) is 0 Å². The minimum absolute atomic E-state index is 0.0643. The molecule has 6 heteroatoms. The first-order chi connectivity index (χ1) is 13.5. The van der Waals surface area contributed by atoms with Gasteiger partial charge >= 0.3 is 12.0 Å². The van der Waals surface area contributed by atoms with Gasteiger partial charge < -0.3 is 10.1 Å². The molecule has 1 saturated carbocycles. The summed E-state index contributed by atoms with van der Waals surface area (Å²) < 4.78 is 5.38. The molecule has 146 valence electrons. The Balaban J connectivity index is 1.42. The Morgan fingerprint density at radius 3 is 2.79 bits per heavy atom. The van der Waals surface area contributed by atoms with Gasteiger partial charge in [-0.25, -0.2) is 4.79 Å². The van der Waals surface area contributed by atoms with Crippen molar-refractivity contribution in [1.82, 2.24) is 10.2 Å². The van der Waals surface area contributed by atoms with Crippen molar-refractivity contribution in [3.8, 4) is 0 Å². The Morgan fingerprint density at radius 1 is 1.18 bits per heavy atom. The molecule has 1 aliphatic heterocycles. The van der Waals surface area contributed by atoms with Crippen molar-refractivity contribution in [3.63, 3.8) is 0 Å². The number of carbonyl (C=O) groups is 3. The fourth-order valence-corrected chi connectivity index (χ4v) is 4.39. The maximum Gasteiger partial charge on any atom is 0.326 e. The average molecular weight is 380 g/mol. The first-order valence-corrected chi connectivity index (χ1v) is 9.77. The summed E-state index contributed by atoms with van der Waals surface area (Å²) in [6, 6.07) is 13.2. The Kier molecular flexibility index (Phi) is 4.79. The van der Waals surface area contributed by atoms with Crippen LogP contribution >= 0.6 is 0 Å². The second kappa shape index (κ2) is 7.26. The predicted molar refractivity (Wildman–Crippen MR) is 104 cm³/mol. The van der Waals surface area contributed by atoms with Crippen molar-refractivity contribution in [2.45, 2.75) is 44.8 Å². The molecule has 2 aromatic carbocycles. The van der Waals surface area contributed by atoms with E-state index in [9.17, 15) is 14.4 Å². The maximum atomic E-state index is 12.9. The molecule has 0 bridgehead atoms. The number of hydrogen-bond donors (Lipinski definition) is 1. The van der Waals surface area contributed by atoms with E-state index in [1.54, 1.807) is 0 Å². The second-order valence-electron chi connectivity index (χ2n) is 7.74. The lowest BCUT2D eigenvalue weighted by molar-refractivity contribution is -0.149. The first kappa shape index (κ1) is 18.5. The van der Waals surface area contributed by atoms with Crippen LogP contribution < -0.4 is 5.32 Å². The minimum atomic E-state index is -0.856. The van der Waals surface area contributed by atoms with E-state index in [0.29, 0.717) is 6.42 Å². The van der Waals surface area contributed by atoms with Gasteiger partial charge in [-0.15, -0.1) is 0 Å². The zero-order valence-corrected chi connectivity index (χ0v) is 15.9. The molecular formula is C22H24N2O4. The molecule has 28 heavy (non-hydrogen) atoms. The highest BCUT2D eigenvalue weighted by Gasteiger charge is 2.55. The van der Waals surface area contributed by atoms with Gasteiger partial charge in [-0.1, -0.05) is 62.2 Å². The molecule has 1 saturated heterocycles. The van der Waals surface area contributed by atoms with Crippen molar-refractivity contribution in [1.29, 1.82) is 0 Å². The van der Waals surface area contributed by atoms with Crippen LogP contribution in [0.4, 0.5) is 4.79 Å². The van der Waals surface area contributed by atoms with Gasteiger partial charge in [-0.05, 0) is 35.1 Å². The fourth-order valence-electron chi connectivity index (χ4n) is 4.39. The molecule has 2 aromatic rings. The van der Waals surface area contributed by atoms with E-state index in [0.717, 1.165) is 40.5 Å². The van der Waals surface area contributed by atoms with E-state index in [2.05, 4.69) is 5.32 Å².